The molecule has 1 aliphatic rings. The van der Waals surface area contributed by atoms with E-state index in [4.69, 9.17) is 22.3 Å². The van der Waals surface area contributed by atoms with Crippen molar-refractivity contribution in [1.29, 1.82) is 10.8 Å². The fourth-order valence-electron chi connectivity index (χ4n) is 2.22. The molecular weight excluding hydrogens is 188 g/mol. The summed E-state index contributed by atoms with van der Waals surface area (Å²) in [6.07, 6.45) is 0.657. The number of hydrogen-bond donors (Lipinski definition) is 4. The van der Waals surface area contributed by atoms with Crippen LogP contribution in [0.1, 0.15) is 29.4 Å². The third-order valence-electron chi connectivity index (χ3n) is 2.97. The third kappa shape index (κ3) is 1.48. The maximum Gasteiger partial charge on any atom is 0.0982 e. The quantitative estimate of drug-likeness (QED) is 0.427. The minimum atomic E-state index is -0.0740. The maximum atomic E-state index is 7.52. The van der Waals surface area contributed by atoms with Crippen molar-refractivity contribution in [3.63, 3.8) is 0 Å². The first-order valence-corrected chi connectivity index (χ1v) is 4.88. The highest BCUT2D eigenvalue weighted by molar-refractivity contribution is 5.92. The summed E-state index contributed by atoms with van der Waals surface area (Å²) in [5.41, 5.74) is 13.2. The number of benzene rings is 1. The van der Waals surface area contributed by atoms with Gasteiger partial charge in [-0.15, -0.1) is 0 Å². The first kappa shape index (κ1) is 9.71. The lowest BCUT2D eigenvalue weighted by Gasteiger charge is -2.09. The number of nitrogens with two attached hydrogens (primary N) is 2. The summed E-state index contributed by atoms with van der Waals surface area (Å²) in [6, 6.07) is 7.78. The van der Waals surface area contributed by atoms with E-state index in [2.05, 4.69) is 0 Å². The van der Waals surface area contributed by atoms with Gasteiger partial charge >= 0.3 is 0 Å². The van der Waals surface area contributed by atoms with Crippen molar-refractivity contribution in [1.82, 2.24) is 0 Å². The van der Waals surface area contributed by atoms with Gasteiger partial charge in [0, 0.05) is 11.8 Å². The number of hydrogen-bond acceptors (Lipinski definition) is 2. The number of rotatable bonds is 2. The molecule has 15 heavy (non-hydrogen) atoms. The average molecular weight is 202 g/mol. The number of fused-ring (bicyclic) bond motifs is 1. The van der Waals surface area contributed by atoms with Gasteiger partial charge in [-0.05, 0) is 17.5 Å². The van der Waals surface area contributed by atoms with Crippen molar-refractivity contribution < 1.29 is 0 Å². The lowest BCUT2D eigenvalue weighted by molar-refractivity contribution is 0.784. The van der Waals surface area contributed by atoms with Gasteiger partial charge in [-0.3, -0.25) is 10.8 Å². The molecule has 1 aromatic rings. The van der Waals surface area contributed by atoms with Gasteiger partial charge in [0.05, 0.1) is 11.7 Å². The van der Waals surface area contributed by atoms with E-state index in [9.17, 15) is 0 Å². The SMILES string of the molecule is N=C(N)C1CC(C(=N)N)c2ccccc21. The molecule has 0 radical (unpaired) electrons. The Hall–Kier alpha value is -1.84. The van der Waals surface area contributed by atoms with Gasteiger partial charge in [0.15, 0.2) is 0 Å². The molecule has 1 aliphatic carbocycles. The summed E-state index contributed by atoms with van der Waals surface area (Å²) in [7, 11) is 0. The Morgan fingerprint density at radius 2 is 1.40 bits per heavy atom. The Labute approximate surface area is 88.3 Å². The minimum Gasteiger partial charge on any atom is -0.387 e. The van der Waals surface area contributed by atoms with Crippen LogP contribution >= 0.6 is 0 Å². The second-order valence-corrected chi connectivity index (χ2v) is 3.88. The molecule has 0 amide bonds. The van der Waals surface area contributed by atoms with Crippen LogP contribution in [0.15, 0.2) is 24.3 Å². The van der Waals surface area contributed by atoms with Crippen molar-refractivity contribution in [3.8, 4) is 0 Å². The molecule has 0 bridgehead atoms. The van der Waals surface area contributed by atoms with E-state index < -0.39 is 0 Å². The van der Waals surface area contributed by atoms with Gasteiger partial charge in [0.2, 0.25) is 0 Å². The number of amidine groups is 2. The molecular formula is C11H14N4. The van der Waals surface area contributed by atoms with Crippen molar-refractivity contribution in [3.05, 3.63) is 35.4 Å². The average Bonchev–Trinajstić information content (AvgIpc) is 2.56. The van der Waals surface area contributed by atoms with Crippen LogP contribution in [0.3, 0.4) is 0 Å². The highest BCUT2D eigenvalue weighted by Crippen LogP contribution is 2.41. The molecule has 78 valence electrons. The minimum absolute atomic E-state index is 0.0740. The van der Waals surface area contributed by atoms with Crippen LogP contribution < -0.4 is 11.5 Å². The monoisotopic (exact) mass is 202 g/mol. The lowest BCUT2D eigenvalue weighted by Crippen LogP contribution is -2.21. The fourth-order valence-corrected chi connectivity index (χ4v) is 2.22. The van der Waals surface area contributed by atoms with E-state index >= 15 is 0 Å². The molecule has 0 aromatic heterocycles. The van der Waals surface area contributed by atoms with Gasteiger partial charge in [0.25, 0.3) is 0 Å². The Bertz CT molecular complexity index is 385. The van der Waals surface area contributed by atoms with Gasteiger partial charge in [-0.1, -0.05) is 24.3 Å². The van der Waals surface area contributed by atoms with Crippen LogP contribution in [-0.2, 0) is 0 Å². The maximum absolute atomic E-state index is 7.52. The summed E-state index contributed by atoms with van der Waals surface area (Å²) in [5, 5.41) is 15.0. The smallest absolute Gasteiger partial charge is 0.0982 e. The zero-order chi connectivity index (χ0) is 11.0. The van der Waals surface area contributed by atoms with Crippen molar-refractivity contribution >= 4 is 11.7 Å². The van der Waals surface area contributed by atoms with Gasteiger partial charge in [-0.25, -0.2) is 0 Å². The fraction of sp³-hybridized carbons (Fsp3) is 0.273. The summed E-state index contributed by atoms with van der Waals surface area (Å²) in [4.78, 5) is 0. The van der Waals surface area contributed by atoms with Crippen molar-refractivity contribution in [2.24, 2.45) is 11.5 Å². The van der Waals surface area contributed by atoms with Crippen LogP contribution in [0.2, 0.25) is 0 Å². The molecule has 0 spiro atoms. The van der Waals surface area contributed by atoms with Crippen LogP contribution in [0, 0.1) is 10.8 Å². The lowest BCUT2D eigenvalue weighted by atomic mass is 10.00. The Morgan fingerprint density at radius 3 is 1.73 bits per heavy atom. The van der Waals surface area contributed by atoms with Gasteiger partial charge in [-0.2, -0.15) is 0 Å². The Kier molecular flexibility index (Phi) is 2.19. The molecule has 2 rings (SSSR count). The zero-order valence-corrected chi connectivity index (χ0v) is 8.33. The van der Waals surface area contributed by atoms with E-state index in [1.807, 2.05) is 24.3 Å². The predicted molar refractivity (Wildman–Crippen MR) is 60.4 cm³/mol. The molecule has 4 heteroatoms. The van der Waals surface area contributed by atoms with Crippen LogP contribution in [0.4, 0.5) is 0 Å². The molecule has 0 saturated carbocycles. The molecule has 0 heterocycles. The first-order valence-electron chi connectivity index (χ1n) is 4.88. The molecule has 2 atom stereocenters. The second kappa shape index (κ2) is 3.38. The van der Waals surface area contributed by atoms with Crippen LogP contribution in [0.5, 0.6) is 0 Å². The van der Waals surface area contributed by atoms with Crippen molar-refractivity contribution in [2.45, 2.75) is 18.3 Å². The molecule has 0 saturated heterocycles. The molecule has 4 nitrogen and oxygen atoms in total. The van der Waals surface area contributed by atoms with Gasteiger partial charge in [0.1, 0.15) is 0 Å². The second-order valence-electron chi connectivity index (χ2n) is 3.88. The predicted octanol–water partition coefficient (Wildman–Crippen LogP) is 1.13. The summed E-state index contributed by atoms with van der Waals surface area (Å²) >= 11 is 0. The molecule has 0 fully saturated rings. The summed E-state index contributed by atoms with van der Waals surface area (Å²) in [5.74, 6) is 0.169. The van der Waals surface area contributed by atoms with E-state index in [1.54, 1.807) is 0 Å². The zero-order valence-electron chi connectivity index (χ0n) is 8.33. The van der Waals surface area contributed by atoms with E-state index in [0.29, 0.717) is 6.42 Å². The van der Waals surface area contributed by atoms with Gasteiger partial charge < -0.3 is 11.5 Å². The Morgan fingerprint density at radius 1 is 1.00 bits per heavy atom. The van der Waals surface area contributed by atoms with Crippen molar-refractivity contribution in [2.75, 3.05) is 0 Å². The standard InChI is InChI=1S/C11H14N4/c12-10(13)8-5-9(11(14)15)7-4-2-1-3-6(7)8/h1-4,8-9H,5H2,(H3,12,13)(H3,14,15). The first-order chi connectivity index (χ1) is 7.11. The molecule has 1 aromatic carbocycles. The largest absolute Gasteiger partial charge is 0.387 e. The highest BCUT2D eigenvalue weighted by Gasteiger charge is 2.33. The van der Waals surface area contributed by atoms with Crippen LogP contribution in [0.25, 0.3) is 0 Å². The third-order valence-corrected chi connectivity index (χ3v) is 2.97. The normalized spacial score (nSPS) is 23.5. The number of nitrogens with one attached hydrogen (secondary N) is 2. The van der Waals surface area contributed by atoms with E-state index in [1.165, 1.54) is 0 Å². The van der Waals surface area contributed by atoms with Crippen LogP contribution in [-0.4, -0.2) is 11.7 Å². The van der Waals surface area contributed by atoms with E-state index in [0.717, 1.165) is 11.1 Å². The highest BCUT2D eigenvalue weighted by atomic mass is 14.8. The topological polar surface area (TPSA) is 99.7 Å². The molecule has 6 N–H and O–H groups in total. The molecule has 2 unspecified atom stereocenters. The Balaban J connectivity index is 2.48. The summed E-state index contributed by atoms with van der Waals surface area (Å²) < 4.78 is 0. The summed E-state index contributed by atoms with van der Waals surface area (Å²) in [6.45, 7) is 0. The van der Waals surface area contributed by atoms with E-state index in [-0.39, 0.29) is 23.5 Å². The molecule has 0 aliphatic heterocycles.